The highest BCUT2D eigenvalue weighted by Crippen LogP contribution is 2.37. The lowest BCUT2D eigenvalue weighted by Crippen LogP contribution is -2.08. The molecule has 0 fully saturated rings. The van der Waals surface area contributed by atoms with E-state index in [0.29, 0.717) is 28.3 Å². The van der Waals surface area contributed by atoms with Gasteiger partial charge in [0.05, 0.1) is 29.6 Å². The number of hydrazone groups is 1. The molecule has 0 saturated heterocycles. The largest absolute Gasteiger partial charge is 0.490 e. The van der Waals surface area contributed by atoms with Crippen LogP contribution in [0.2, 0.25) is 5.02 Å². The molecule has 0 unspecified atom stereocenters. The van der Waals surface area contributed by atoms with Crippen molar-refractivity contribution < 1.29 is 9.47 Å². The van der Waals surface area contributed by atoms with Crippen molar-refractivity contribution in [3.8, 4) is 22.8 Å². The monoisotopic (exact) mass is 415 g/mol. The summed E-state index contributed by atoms with van der Waals surface area (Å²) < 4.78 is 11.5. The van der Waals surface area contributed by atoms with Gasteiger partial charge in [0.1, 0.15) is 0 Å². The number of rotatable bonds is 8. The van der Waals surface area contributed by atoms with Crippen LogP contribution in [0.1, 0.15) is 26.3 Å². The Bertz CT molecular complexity index is 942. The van der Waals surface area contributed by atoms with Gasteiger partial charge in [-0.05, 0) is 38.5 Å². The molecule has 3 aromatic rings. The quantitative estimate of drug-likeness (QED) is 0.357. The van der Waals surface area contributed by atoms with Crippen LogP contribution in [0.4, 0.5) is 5.13 Å². The van der Waals surface area contributed by atoms with Crippen LogP contribution in [0.15, 0.2) is 52.9 Å². The van der Waals surface area contributed by atoms with Gasteiger partial charge in [-0.2, -0.15) is 5.10 Å². The zero-order chi connectivity index (χ0) is 19.9. The smallest absolute Gasteiger partial charge is 0.203 e. The molecule has 1 aromatic heterocycles. The lowest BCUT2D eigenvalue weighted by molar-refractivity contribution is 0.224. The van der Waals surface area contributed by atoms with Crippen molar-refractivity contribution in [2.45, 2.75) is 26.9 Å². The van der Waals surface area contributed by atoms with Crippen LogP contribution < -0.4 is 14.9 Å². The molecule has 0 aliphatic heterocycles. The summed E-state index contributed by atoms with van der Waals surface area (Å²) in [5, 5.41) is 7.47. The average Bonchev–Trinajstić information content (AvgIpc) is 3.14. The normalized spacial score (nSPS) is 11.2. The van der Waals surface area contributed by atoms with E-state index in [9.17, 15) is 0 Å². The Morgan fingerprint density at radius 2 is 2.04 bits per heavy atom. The second-order valence-corrected chi connectivity index (χ2v) is 7.47. The maximum absolute atomic E-state index is 6.38. The molecule has 146 valence electrons. The van der Waals surface area contributed by atoms with E-state index in [0.717, 1.165) is 16.8 Å². The molecule has 0 aliphatic rings. The van der Waals surface area contributed by atoms with Crippen molar-refractivity contribution in [1.82, 2.24) is 4.98 Å². The van der Waals surface area contributed by atoms with Crippen molar-refractivity contribution in [2.24, 2.45) is 5.10 Å². The van der Waals surface area contributed by atoms with Gasteiger partial charge in [0.25, 0.3) is 0 Å². The number of ether oxygens (including phenoxy) is 2. The number of halogens is 1. The third-order valence-electron chi connectivity index (χ3n) is 3.63. The molecule has 0 saturated carbocycles. The number of benzene rings is 2. The molecule has 0 bridgehead atoms. The summed E-state index contributed by atoms with van der Waals surface area (Å²) in [6.45, 7) is 6.33. The molecule has 2 aromatic carbocycles. The molecule has 5 nitrogen and oxygen atoms in total. The maximum atomic E-state index is 6.38. The molecule has 0 radical (unpaired) electrons. The van der Waals surface area contributed by atoms with Gasteiger partial charge in [-0.3, -0.25) is 5.43 Å². The van der Waals surface area contributed by atoms with E-state index < -0.39 is 0 Å². The number of nitrogens with one attached hydrogen (secondary N) is 1. The van der Waals surface area contributed by atoms with Crippen LogP contribution in [0, 0.1) is 0 Å². The first-order valence-electron chi connectivity index (χ1n) is 8.99. The highest BCUT2D eigenvalue weighted by atomic mass is 35.5. The topological polar surface area (TPSA) is 55.7 Å². The van der Waals surface area contributed by atoms with Crippen LogP contribution in [-0.2, 0) is 0 Å². The van der Waals surface area contributed by atoms with Crippen LogP contribution in [0.25, 0.3) is 11.3 Å². The van der Waals surface area contributed by atoms with E-state index in [1.165, 1.54) is 11.3 Å². The van der Waals surface area contributed by atoms with E-state index in [1.807, 2.05) is 62.5 Å². The molecule has 0 amide bonds. The number of anilines is 1. The Hall–Kier alpha value is -2.57. The predicted octanol–water partition coefficient (Wildman–Crippen LogP) is 6.10. The second-order valence-electron chi connectivity index (χ2n) is 6.20. The third kappa shape index (κ3) is 5.24. The Kier molecular flexibility index (Phi) is 6.90. The summed E-state index contributed by atoms with van der Waals surface area (Å²) in [5.41, 5.74) is 5.76. The van der Waals surface area contributed by atoms with Gasteiger partial charge in [-0.1, -0.05) is 41.9 Å². The molecule has 3 rings (SSSR count). The fraction of sp³-hybridized carbons (Fsp3) is 0.238. The summed E-state index contributed by atoms with van der Waals surface area (Å²) in [6.07, 6.45) is 1.68. The molecular formula is C21H22ClN3O2S. The summed E-state index contributed by atoms with van der Waals surface area (Å²) in [6, 6.07) is 13.7. The van der Waals surface area contributed by atoms with E-state index in [2.05, 4.69) is 15.5 Å². The maximum Gasteiger partial charge on any atom is 0.203 e. The Labute approximate surface area is 174 Å². The van der Waals surface area contributed by atoms with Gasteiger partial charge in [-0.25, -0.2) is 4.98 Å². The third-order valence-corrected chi connectivity index (χ3v) is 4.66. The predicted molar refractivity (Wildman–Crippen MR) is 117 cm³/mol. The highest BCUT2D eigenvalue weighted by Gasteiger charge is 2.13. The Morgan fingerprint density at radius 3 is 2.75 bits per heavy atom. The molecule has 0 aliphatic carbocycles. The van der Waals surface area contributed by atoms with Gasteiger partial charge in [0.2, 0.25) is 5.13 Å². The summed E-state index contributed by atoms with van der Waals surface area (Å²) in [5.74, 6) is 1.15. The molecular weight excluding hydrogens is 394 g/mol. The van der Waals surface area contributed by atoms with Gasteiger partial charge < -0.3 is 9.47 Å². The van der Waals surface area contributed by atoms with Gasteiger partial charge in [0.15, 0.2) is 11.5 Å². The van der Waals surface area contributed by atoms with E-state index in [1.54, 1.807) is 12.3 Å². The molecule has 0 atom stereocenters. The van der Waals surface area contributed by atoms with Gasteiger partial charge >= 0.3 is 0 Å². The zero-order valence-corrected chi connectivity index (χ0v) is 17.6. The minimum absolute atomic E-state index is 0.00148. The Morgan fingerprint density at radius 1 is 1.25 bits per heavy atom. The van der Waals surface area contributed by atoms with Gasteiger partial charge in [0, 0.05) is 10.9 Å². The SMILES string of the molecule is CCOc1cc(C=NNc2nc(-c3ccccc3)cs2)cc(Cl)c1OC(C)C. The van der Waals surface area contributed by atoms with Crippen LogP contribution in [-0.4, -0.2) is 23.9 Å². The number of hydrogen-bond acceptors (Lipinski definition) is 6. The van der Waals surface area contributed by atoms with Crippen molar-refractivity contribution in [3.63, 3.8) is 0 Å². The lowest BCUT2D eigenvalue weighted by Gasteiger charge is -2.16. The molecule has 0 spiro atoms. The van der Waals surface area contributed by atoms with Crippen molar-refractivity contribution in [2.75, 3.05) is 12.0 Å². The lowest BCUT2D eigenvalue weighted by atomic mass is 10.2. The molecule has 7 heteroatoms. The van der Waals surface area contributed by atoms with Gasteiger partial charge in [-0.15, -0.1) is 11.3 Å². The first kappa shape index (κ1) is 20.2. The first-order chi connectivity index (χ1) is 13.6. The minimum Gasteiger partial charge on any atom is -0.490 e. The minimum atomic E-state index is 0.00148. The van der Waals surface area contributed by atoms with E-state index in [-0.39, 0.29) is 6.10 Å². The van der Waals surface area contributed by atoms with Crippen LogP contribution in [0.3, 0.4) is 0 Å². The standard InChI is InChI=1S/C21H22ClN3O2S/c1-4-26-19-11-15(10-17(22)20(19)27-14(2)3)12-23-25-21-24-18(13-28-21)16-8-6-5-7-9-16/h5-14H,4H2,1-3H3,(H,24,25). The Balaban J connectivity index is 1.73. The second kappa shape index (κ2) is 9.57. The number of thiazole rings is 1. The number of nitrogens with zero attached hydrogens (tertiary/aromatic N) is 2. The average molecular weight is 416 g/mol. The zero-order valence-electron chi connectivity index (χ0n) is 16.0. The summed E-state index contributed by atoms with van der Waals surface area (Å²) in [4.78, 5) is 4.55. The number of hydrogen-bond donors (Lipinski definition) is 1. The molecule has 1 N–H and O–H groups in total. The fourth-order valence-electron chi connectivity index (χ4n) is 2.50. The molecule has 1 heterocycles. The van der Waals surface area contributed by atoms with E-state index >= 15 is 0 Å². The highest BCUT2D eigenvalue weighted by molar-refractivity contribution is 7.14. The molecule has 28 heavy (non-hydrogen) atoms. The van der Waals surface area contributed by atoms with E-state index in [4.69, 9.17) is 21.1 Å². The van der Waals surface area contributed by atoms with Crippen molar-refractivity contribution in [1.29, 1.82) is 0 Å². The summed E-state index contributed by atoms with van der Waals surface area (Å²) >= 11 is 7.88. The van der Waals surface area contributed by atoms with Crippen LogP contribution >= 0.6 is 22.9 Å². The fourth-order valence-corrected chi connectivity index (χ4v) is 3.44. The van der Waals surface area contributed by atoms with Crippen LogP contribution in [0.5, 0.6) is 11.5 Å². The summed E-state index contributed by atoms with van der Waals surface area (Å²) in [7, 11) is 0. The van der Waals surface area contributed by atoms with Crippen molar-refractivity contribution >= 4 is 34.3 Å². The van der Waals surface area contributed by atoms with Crippen molar-refractivity contribution in [3.05, 3.63) is 58.4 Å². The number of aromatic nitrogens is 1. The first-order valence-corrected chi connectivity index (χ1v) is 10.3.